The second-order valence-electron chi connectivity index (χ2n) is 3.52. The summed E-state index contributed by atoms with van der Waals surface area (Å²) < 4.78 is 0. The molecule has 1 rings (SSSR count). The van der Waals surface area contributed by atoms with Crippen LogP contribution in [0.4, 0.5) is 0 Å². The molecule has 0 aliphatic carbocycles. The number of phenolic OH excluding ortho intramolecular Hbond substituents is 1. The first-order valence-corrected chi connectivity index (χ1v) is 4.53. The molecule has 0 aliphatic heterocycles. The first kappa shape index (κ1) is 10.1. The highest BCUT2D eigenvalue weighted by Gasteiger charge is 2.11. The van der Waals surface area contributed by atoms with Crippen LogP contribution in [0.5, 0.6) is 5.75 Å². The van der Waals surface area contributed by atoms with E-state index in [0.29, 0.717) is 5.75 Å². The molecule has 2 N–H and O–H groups in total. The van der Waals surface area contributed by atoms with Crippen molar-refractivity contribution in [3.05, 3.63) is 28.8 Å². The summed E-state index contributed by atoms with van der Waals surface area (Å²) in [6.07, 6.45) is 0. The van der Waals surface area contributed by atoms with E-state index in [1.807, 2.05) is 27.8 Å². The molecule has 2 nitrogen and oxygen atoms in total. The Morgan fingerprint density at radius 2 is 1.92 bits per heavy atom. The fraction of sp³-hybridized carbons (Fsp3) is 0.455. The largest absolute Gasteiger partial charge is 0.508 e. The highest BCUT2D eigenvalue weighted by Crippen LogP contribution is 2.28. The predicted octanol–water partition coefficient (Wildman–Crippen LogP) is 2.29. The third-order valence-electron chi connectivity index (χ3n) is 2.38. The Balaban J connectivity index is 3.20. The van der Waals surface area contributed by atoms with Crippen molar-refractivity contribution in [2.45, 2.75) is 26.8 Å². The number of aryl methyl sites for hydroxylation is 2. The minimum Gasteiger partial charge on any atom is -0.508 e. The molecular formula is C11H17NO. The number of hydrogen-bond donors (Lipinski definition) is 2. The predicted molar refractivity (Wildman–Crippen MR) is 55.1 cm³/mol. The highest BCUT2D eigenvalue weighted by atomic mass is 16.3. The van der Waals surface area contributed by atoms with Gasteiger partial charge in [0, 0.05) is 11.6 Å². The van der Waals surface area contributed by atoms with Crippen LogP contribution in [0, 0.1) is 13.8 Å². The van der Waals surface area contributed by atoms with Gasteiger partial charge in [-0.05, 0) is 45.0 Å². The van der Waals surface area contributed by atoms with E-state index in [1.54, 1.807) is 6.07 Å². The number of hydrogen-bond acceptors (Lipinski definition) is 2. The molecule has 2 heteroatoms. The van der Waals surface area contributed by atoms with E-state index in [0.717, 1.165) is 16.7 Å². The Morgan fingerprint density at radius 3 is 2.38 bits per heavy atom. The fourth-order valence-electron chi connectivity index (χ4n) is 1.66. The molecule has 13 heavy (non-hydrogen) atoms. The summed E-state index contributed by atoms with van der Waals surface area (Å²) >= 11 is 0. The molecule has 0 saturated carbocycles. The standard InChI is InChI=1S/C11H17NO/c1-7-5-8(2)11(9(3)12-4)10(13)6-7/h5-6,9,12-13H,1-4H3. The van der Waals surface area contributed by atoms with Gasteiger partial charge in [0.1, 0.15) is 5.75 Å². The molecule has 0 heterocycles. The highest BCUT2D eigenvalue weighted by molar-refractivity contribution is 5.43. The van der Waals surface area contributed by atoms with Crippen LogP contribution in [0.15, 0.2) is 12.1 Å². The maximum Gasteiger partial charge on any atom is 0.120 e. The molecule has 0 aromatic heterocycles. The molecule has 1 aromatic rings. The molecule has 0 spiro atoms. The molecule has 1 unspecified atom stereocenters. The molecule has 1 aromatic carbocycles. The van der Waals surface area contributed by atoms with E-state index in [9.17, 15) is 5.11 Å². The number of benzene rings is 1. The molecule has 0 saturated heterocycles. The summed E-state index contributed by atoms with van der Waals surface area (Å²) in [4.78, 5) is 0. The quantitative estimate of drug-likeness (QED) is 0.730. The fourth-order valence-corrected chi connectivity index (χ4v) is 1.66. The number of rotatable bonds is 2. The lowest BCUT2D eigenvalue weighted by atomic mass is 9.99. The second kappa shape index (κ2) is 3.79. The van der Waals surface area contributed by atoms with Crippen LogP contribution in [0.2, 0.25) is 0 Å². The van der Waals surface area contributed by atoms with Crippen LogP contribution in [-0.4, -0.2) is 12.2 Å². The van der Waals surface area contributed by atoms with E-state index in [-0.39, 0.29) is 6.04 Å². The molecule has 0 bridgehead atoms. The summed E-state index contributed by atoms with van der Waals surface area (Å²) in [5.41, 5.74) is 3.23. The first-order chi connectivity index (χ1) is 6.06. The van der Waals surface area contributed by atoms with Crippen molar-refractivity contribution < 1.29 is 5.11 Å². The Kier molecular flexibility index (Phi) is 2.94. The van der Waals surface area contributed by atoms with Gasteiger partial charge < -0.3 is 10.4 Å². The Morgan fingerprint density at radius 1 is 1.31 bits per heavy atom. The Hall–Kier alpha value is -1.02. The molecule has 0 aliphatic rings. The van der Waals surface area contributed by atoms with Crippen molar-refractivity contribution in [1.82, 2.24) is 5.32 Å². The SMILES string of the molecule is CNC(C)c1c(C)cc(C)cc1O. The minimum atomic E-state index is 0.195. The monoisotopic (exact) mass is 179 g/mol. The molecule has 72 valence electrons. The molecule has 0 amide bonds. The zero-order chi connectivity index (χ0) is 10.0. The Bertz CT molecular complexity index is 284. The van der Waals surface area contributed by atoms with Crippen LogP contribution in [-0.2, 0) is 0 Å². The van der Waals surface area contributed by atoms with Gasteiger partial charge in [0.05, 0.1) is 0 Å². The van der Waals surface area contributed by atoms with Crippen LogP contribution < -0.4 is 5.32 Å². The summed E-state index contributed by atoms with van der Waals surface area (Å²) in [7, 11) is 1.89. The number of nitrogens with one attached hydrogen (secondary N) is 1. The molecule has 0 radical (unpaired) electrons. The summed E-state index contributed by atoms with van der Waals surface area (Å²) in [6, 6.07) is 4.08. The average Bonchev–Trinajstić information content (AvgIpc) is 2.02. The number of aromatic hydroxyl groups is 1. The lowest BCUT2D eigenvalue weighted by Gasteiger charge is -2.16. The van der Waals surface area contributed by atoms with Crippen LogP contribution >= 0.6 is 0 Å². The Labute approximate surface area is 79.6 Å². The van der Waals surface area contributed by atoms with Gasteiger partial charge in [-0.15, -0.1) is 0 Å². The van der Waals surface area contributed by atoms with Crippen molar-refractivity contribution >= 4 is 0 Å². The average molecular weight is 179 g/mol. The molecular weight excluding hydrogens is 162 g/mol. The van der Waals surface area contributed by atoms with E-state index in [1.165, 1.54) is 0 Å². The van der Waals surface area contributed by atoms with Gasteiger partial charge in [0.2, 0.25) is 0 Å². The van der Waals surface area contributed by atoms with Crippen LogP contribution in [0.3, 0.4) is 0 Å². The third kappa shape index (κ3) is 2.01. The van der Waals surface area contributed by atoms with E-state index < -0.39 is 0 Å². The molecule has 1 atom stereocenters. The summed E-state index contributed by atoms with van der Waals surface area (Å²) in [5.74, 6) is 0.388. The molecule has 0 fully saturated rings. The maximum atomic E-state index is 9.73. The van der Waals surface area contributed by atoms with Gasteiger partial charge in [-0.1, -0.05) is 6.07 Å². The lowest BCUT2D eigenvalue weighted by Crippen LogP contribution is -2.13. The topological polar surface area (TPSA) is 32.3 Å². The maximum absolute atomic E-state index is 9.73. The van der Waals surface area contributed by atoms with Gasteiger partial charge >= 0.3 is 0 Å². The number of phenols is 1. The summed E-state index contributed by atoms with van der Waals surface area (Å²) in [6.45, 7) is 6.05. The van der Waals surface area contributed by atoms with E-state index in [4.69, 9.17) is 0 Å². The lowest BCUT2D eigenvalue weighted by molar-refractivity contribution is 0.456. The van der Waals surface area contributed by atoms with Crippen molar-refractivity contribution in [3.63, 3.8) is 0 Å². The van der Waals surface area contributed by atoms with Gasteiger partial charge in [-0.3, -0.25) is 0 Å². The van der Waals surface area contributed by atoms with Crippen molar-refractivity contribution in [3.8, 4) is 5.75 Å². The zero-order valence-corrected chi connectivity index (χ0v) is 8.68. The van der Waals surface area contributed by atoms with E-state index in [2.05, 4.69) is 11.4 Å². The zero-order valence-electron chi connectivity index (χ0n) is 8.68. The van der Waals surface area contributed by atoms with Gasteiger partial charge in [0.15, 0.2) is 0 Å². The third-order valence-corrected chi connectivity index (χ3v) is 2.38. The second-order valence-corrected chi connectivity index (χ2v) is 3.52. The van der Waals surface area contributed by atoms with Gasteiger partial charge in [0.25, 0.3) is 0 Å². The smallest absolute Gasteiger partial charge is 0.120 e. The van der Waals surface area contributed by atoms with Crippen LogP contribution in [0.1, 0.15) is 29.7 Å². The normalized spacial score (nSPS) is 12.9. The van der Waals surface area contributed by atoms with Crippen molar-refractivity contribution in [2.24, 2.45) is 0 Å². The first-order valence-electron chi connectivity index (χ1n) is 4.53. The van der Waals surface area contributed by atoms with Crippen molar-refractivity contribution in [1.29, 1.82) is 0 Å². The van der Waals surface area contributed by atoms with Crippen molar-refractivity contribution in [2.75, 3.05) is 7.05 Å². The van der Waals surface area contributed by atoms with Gasteiger partial charge in [-0.25, -0.2) is 0 Å². The van der Waals surface area contributed by atoms with Crippen LogP contribution in [0.25, 0.3) is 0 Å². The minimum absolute atomic E-state index is 0.195. The van der Waals surface area contributed by atoms with E-state index >= 15 is 0 Å². The van der Waals surface area contributed by atoms with Gasteiger partial charge in [-0.2, -0.15) is 0 Å². The summed E-state index contributed by atoms with van der Waals surface area (Å²) in [5, 5.41) is 12.9.